The van der Waals surface area contributed by atoms with Crippen molar-refractivity contribution in [3.63, 3.8) is 0 Å². The molecular weight excluding hydrogens is 396 g/mol. The first-order valence-corrected chi connectivity index (χ1v) is 11.0. The van der Waals surface area contributed by atoms with Gasteiger partial charge in [0.2, 0.25) is 0 Å². The van der Waals surface area contributed by atoms with Gasteiger partial charge in [-0.2, -0.15) is 0 Å². The minimum atomic E-state index is -0.228. The van der Waals surface area contributed by atoms with Crippen LogP contribution >= 0.6 is 11.3 Å². The number of aromatic nitrogens is 1. The molecule has 0 saturated heterocycles. The van der Waals surface area contributed by atoms with E-state index < -0.39 is 0 Å². The lowest BCUT2D eigenvalue weighted by atomic mass is 10.1. The predicted molar refractivity (Wildman–Crippen MR) is 123 cm³/mol. The maximum Gasteiger partial charge on any atom is 0.264 e. The molecule has 3 rings (SSSR count). The SMILES string of the molecule is CCCCOc1ccc(-c2csc(NC(=O)COc3cc(C)cc(C)c3C)n2)cc1. The van der Waals surface area contributed by atoms with Crippen LogP contribution in [-0.2, 0) is 4.79 Å². The number of nitrogens with one attached hydrogen (secondary N) is 1. The fraction of sp³-hybridized carbons (Fsp3) is 0.333. The highest BCUT2D eigenvalue weighted by Gasteiger charge is 2.11. The average molecular weight is 425 g/mol. The van der Waals surface area contributed by atoms with Gasteiger partial charge in [-0.1, -0.05) is 19.4 Å². The van der Waals surface area contributed by atoms with Gasteiger partial charge >= 0.3 is 0 Å². The molecule has 0 fully saturated rings. The predicted octanol–water partition coefficient (Wildman–Crippen LogP) is 5.93. The van der Waals surface area contributed by atoms with E-state index in [9.17, 15) is 4.79 Å². The molecule has 0 atom stereocenters. The number of aryl methyl sites for hydroxylation is 2. The first-order valence-electron chi connectivity index (χ1n) is 10.2. The Balaban J connectivity index is 1.55. The fourth-order valence-electron chi connectivity index (χ4n) is 2.97. The first kappa shape index (κ1) is 21.8. The number of nitrogens with zero attached hydrogens (tertiary/aromatic N) is 1. The lowest BCUT2D eigenvalue weighted by Gasteiger charge is -2.11. The summed E-state index contributed by atoms with van der Waals surface area (Å²) in [4.78, 5) is 16.8. The number of hydrogen-bond donors (Lipinski definition) is 1. The molecule has 0 aliphatic carbocycles. The van der Waals surface area contributed by atoms with Crippen molar-refractivity contribution in [3.05, 3.63) is 58.5 Å². The third kappa shape index (κ3) is 5.83. The normalized spacial score (nSPS) is 10.7. The van der Waals surface area contributed by atoms with Crippen molar-refractivity contribution in [2.24, 2.45) is 0 Å². The maximum absolute atomic E-state index is 12.3. The van der Waals surface area contributed by atoms with Gasteiger partial charge in [-0.15, -0.1) is 11.3 Å². The topological polar surface area (TPSA) is 60.5 Å². The number of amides is 1. The Morgan fingerprint density at radius 1 is 1.10 bits per heavy atom. The fourth-order valence-corrected chi connectivity index (χ4v) is 3.71. The Bertz CT molecular complexity index is 996. The average Bonchev–Trinajstić information content (AvgIpc) is 3.18. The van der Waals surface area contributed by atoms with Gasteiger partial charge in [0.25, 0.3) is 5.91 Å². The van der Waals surface area contributed by atoms with Crippen LogP contribution in [0.4, 0.5) is 5.13 Å². The summed E-state index contributed by atoms with van der Waals surface area (Å²) in [5, 5.41) is 5.30. The molecule has 1 N–H and O–H groups in total. The minimum absolute atomic E-state index is 0.0531. The Morgan fingerprint density at radius 3 is 2.60 bits per heavy atom. The summed E-state index contributed by atoms with van der Waals surface area (Å²) in [5.74, 6) is 1.37. The number of rotatable bonds is 9. The largest absolute Gasteiger partial charge is 0.494 e. The number of hydrogen-bond acceptors (Lipinski definition) is 5. The molecular formula is C24H28N2O3S. The van der Waals surface area contributed by atoms with Crippen molar-refractivity contribution in [2.75, 3.05) is 18.5 Å². The Labute approximate surface area is 182 Å². The molecule has 30 heavy (non-hydrogen) atoms. The lowest BCUT2D eigenvalue weighted by Crippen LogP contribution is -2.20. The number of ether oxygens (including phenoxy) is 2. The summed E-state index contributed by atoms with van der Waals surface area (Å²) >= 11 is 1.39. The Morgan fingerprint density at radius 2 is 1.87 bits per heavy atom. The van der Waals surface area contributed by atoms with Gasteiger partial charge in [0, 0.05) is 10.9 Å². The van der Waals surface area contributed by atoms with Gasteiger partial charge in [0.15, 0.2) is 11.7 Å². The van der Waals surface area contributed by atoms with Gasteiger partial charge in [-0.25, -0.2) is 4.98 Å². The van der Waals surface area contributed by atoms with Crippen LogP contribution in [0.25, 0.3) is 11.3 Å². The molecule has 0 aliphatic heterocycles. The number of thiazole rings is 1. The van der Waals surface area contributed by atoms with Crippen LogP contribution in [-0.4, -0.2) is 24.1 Å². The lowest BCUT2D eigenvalue weighted by molar-refractivity contribution is -0.118. The zero-order valence-electron chi connectivity index (χ0n) is 18.0. The van der Waals surface area contributed by atoms with Crippen LogP contribution in [0, 0.1) is 20.8 Å². The molecule has 1 amide bonds. The van der Waals surface area contributed by atoms with Crippen molar-refractivity contribution in [1.82, 2.24) is 4.98 Å². The van der Waals surface area contributed by atoms with Crippen LogP contribution < -0.4 is 14.8 Å². The van der Waals surface area contributed by atoms with E-state index in [0.717, 1.165) is 58.9 Å². The van der Waals surface area contributed by atoms with Crippen molar-refractivity contribution >= 4 is 22.4 Å². The standard InChI is InChI=1S/C24H28N2O3S/c1-5-6-11-28-20-9-7-19(8-10-20)21-15-30-24(25-21)26-23(27)14-29-22-13-16(2)12-17(3)18(22)4/h7-10,12-13,15H,5-6,11,14H2,1-4H3,(H,25,26,27). The van der Waals surface area contributed by atoms with Crippen LogP contribution in [0.15, 0.2) is 41.8 Å². The molecule has 6 heteroatoms. The summed E-state index contributed by atoms with van der Waals surface area (Å²) in [6, 6.07) is 11.9. The molecule has 3 aromatic rings. The molecule has 0 saturated carbocycles. The summed E-state index contributed by atoms with van der Waals surface area (Å²) in [7, 11) is 0. The summed E-state index contributed by atoms with van der Waals surface area (Å²) in [6.45, 7) is 8.86. The Kier molecular flexibility index (Phi) is 7.46. The Hall–Kier alpha value is -2.86. The summed E-state index contributed by atoms with van der Waals surface area (Å²) < 4.78 is 11.4. The van der Waals surface area contributed by atoms with E-state index in [1.54, 1.807) is 0 Å². The van der Waals surface area contributed by atoms with E-state index >= 15 is 0 Å². The second kappa shape index (κ2) is 10.3. The van der Waals surface area contributed by atoms with E-state index in [1.807, 2.05) is 56.5 Å². The molecule has 0 bridgehead atoms. The van der Waals surface area contributed by atoms with Crippen LogP contribution in [0.1, 0.15) is 36.5 Å². The number of unbranched alkanes of at least 4 members (excludes halogenated alkanes) is 1. The molecule has 1 heterocycles. The van der Waals surface area contributed by atoms with E-state index in [2.05, 4.69) is 23.3 Å². The van der Waals surface area contributed by atoms with Crippen LogP contribution in [0.5, 0.6) is 11.5 Å². The van der Waals surface area contributed by atoms with Crippen LogP contribution in [0.3, 0.4) is 0 Å². The van der Waals surface area contributed by atoms with Gasteiger partial charge < -0.3 is 9.47 Å². The van der Waals surface area contributed by atoms with Gasteiger partial charge in [-0.05, 0) is 74.2 Å². The number of benzene rings is 2. The zero-order valence-corrected chi connectivity index (χ0v) is 18.8. The monoisotopic (exact) mass is 424 g/mol. The second-order valence-corrected chi connectivity index (χ2v) is 8.16. The highest BCUT2D eigenvalue weighted by molar-refractivity contribution is 7.14. The van der Waals surface area contributed by atoms with Crippen LogP contribution in [0.2, 0.25) is 0 Å². The second-order valence-electron chi connectivity index (χ2n) is 7.31. The van der Waals surface area contributed by atoms with Crippen molar-refractivity contribution < 1.29 is 14.3 Å². The molecule has 0 radical (unpaired) electrons. The van der Waals surface area contributed by atoms with Gasteiger partial charge in [0.1, 0.15) is 11.5 Å². The van der Waals surface area contributed by atoms with Crippen molar-refractivity contribution in [2.45, 2.75) is 40.5 Å². The highest BCUT2D eigenvalue weighted by atomic mass is 32.1. The molecule has 2 aromatic carbocycles. The smallest absolute Gasteiger partial charge is 0.264 e. The van der Waals surface area contributed by atoms with E-state index in [1.165, 1.54) is 11.3 Å². The quantitative estimate of drug-likeness (QED) is 0.432. The van der Waals surface area contributed by atoms with Crippen molar-refractivity contribution in [1.29, 1.82) is 0 Å². The van der Waals surface area contributed by atoms with Crippen molar-refractivity contribution in [3.8, 4) is 22.8 Å². The molecule has 0 spiro atoms. The highest BCUT2D eigenvalue weighted by Crippen LogP contribution is 2.27. The number of anilines is 1. The summed E-state index contributed by atoms with van der Waals surface area (Å²) in [5.41, 5.74) is 5.11. The number of carbonyl (C=O) groups is 1. The minimum Gasteiger partial charge on any atom is -0.494 e. The maximum atomic E-state index is 12.3. The number of carbonyl (C=O) groups excluding carboxylic acids is 1. The molecule has 1 aromatic heterocycles. The van der Waals surface area contributed by atoms with Gasteiger partial charge in [-0.3, -0.25) is 10.1 Å². The van der Waals surface area contributed by atoms with E-state index in [4.69, 9.17) is 9.47 Å². The molecule has 0 aliphatic rings. The third-order valence-corrected chi connectivity index (χ3v) is 5.55. The third-order valence-electron chi connectivity index (χ3n) is 4.79. The molecule has 158 valence electrons. The van der Waals surface area contributed by atoms with E-state index in [0.29, 0.717) is 5.13 Å². The zero-order chi connectivity index (χ0) is 21.5. The molecule has 5 nitrogen and oxygen atoms in total. The molecule has 0 unspecified atom stereocenters. The van der Waals surface area contributed by atoms with E-state index in [-0.39, 0.29) is 12.5 Å². The van der Waals surface area contributed by atoms with Gasteiger partial charge in [0.05, 0.1) is 12.3 Å². The first-order chi connectivity index (χ1) is 14.5. The summed E-state index contributed by atoms with van der Waals surface area (Å²) in [6.07, 6.45) is 2.16.